The summed E-state index contributed by atoms with van der Waals surface area (Å²) in [5.41, 5.74) is -1.05. The van der Waals surface area contributed by atoms with Crippen molar-refractivity contribution in [1.29, 1.82) is 0 Å². The number of rotatable bonds is 7. The summed E-state index contributed by atoms with van der Waals surface area (Å²) in [6, 6.07) is 6.80. The summed E-state index contributed by atoms with van der Waals surface area (Å²) in [5.74, 6) is -2.31. The van der Waals surface area contributed by atoms with Crippen molar-refractivity contribution in [2.75, 3.05) is 49.0 Å². The average molecular weight is 570 g/mol. The van der Waals surface area contributed by atoms with Crippen LogP contribution in [0.4, 0.5) is 20.3 Å². The number of anilines is 2. The SMILES string of the molecule is O=C(c1c(F)ccc(NS(=O)(=O)N2CCCC2)c1F)c1cn(-c2cc(N3CCOCC3)ncn2)c2ncccc12. The molecule has 14 heteroatoms. The van der Waals surface area contributed by atoms with E-state index < -0.39 is 38.9 Å². The molecular weight excluding hydrogens is 544 g/mol. The van der Waals surface area contributed by atoms with E-state index in [0.29, 0.717) is 74.9 Å². The molecule has 2 aliphatic rings. The van der Waals surface area contributed by atoms with Crippen LogP contribution < -0.4 is 9.62 Å². The predicted molar refractivity (Wildman–Crippen MR) is 143 cm³/mol. The molecule has 3 aromatic heterocycles. The maximum absolute atomic E-state index is 15.6. The van der Waals surface area contributed by atoms with Crippen molar-refractivity contribution < 1.29 is 26.7 Å². The molecule has 11 nitrogen and oxygen atoms in total. The predicted octanol–water partition coefficient (Wildman–Crippen LogP) is 2.91. The first-order chi connectivity index (χ1) is 19.3. The average Bonchev–Trinajstić information content (AvgIpc) is 3.65. The number of halogens is 2. The van der Waals surface area contributed by atoms with Gasteiger partial charge in [-0.3, -0.25) is 14.1 Å². The van der Waals surface area contributed by atoms with Gasteiger partial charge in [-0.2, -0.15) is 12.7 Å². The number of morpholine rings is 1. The van der Waals surface area contributed by atoms with E-state index in [1.807, 2.05) is 4.90 Å². The molecule has 0 aliphatic carbocycles. The number of aromatic nitrogens is 4. The molecule has 0 unspecified atom stereocenters. The monoisotopic (exact) mass is 569 g/mol. The third-order valence-corrected chi connectivity index (χ3v) is 8.51. The first kappa shape index (κ1) is 26.2. The van der Waals surface area contributed by atoms with Gasteiger partial charge >= 0.3 is 10.2 Å². The molecule has 208 valence electrons. The molecule has 2 saturated heterocycles. The number of nitrogens with zero attached hydrogens (tertiary/aromatic N) is 6. The van der Waals surface area contributed by atoms with Crippen molar-refractivity contribution in [2.24, 2.45) is 0 Å². The van der Waals surface area contributed by atoms with Crippen LogP contribution in [0.3, 0.4) is 0 Å². The van der Waals surface area contributed by atoms with Gasteiger partial charge in [0.15, 0.2) is 5.82 Å². The van der Waals surface area contributed by atoms with Crippen molar-refractivity contribution in [2.45, 2.75) is 12.8 Å². The van der Waals surface area contributed by atoms with Gasteiger partial charge in [-0.25, -0.2) is 23.7 Å². The highest BCUT2D eigenvalue weighted by Crippen LogP contribution is 2.30. The fourth-order valence-electron chi connectivity index (χ4n) is 4.95. The molecule has 0 bridgehead atoms. The second-order valence-electron chi connectivity index (χ2n) is 9.45. The van der Waals surface area contributed by atoms with Crippen LogP contribution in [0.25, 0.3) is 16.9 Å². The Morgan fingerprint density at radius 3 is 2.50 bits per heavy atom. The zero-order valence-corrected chi connectivity index (χ0v) is 22.1. The Kier molecular flexibility index (Phi) is 6.90. The first-order valence-electron chi connectivity index (χ1n) is 12.8. The molecule has 1 aromatic carbocycles. The molecule has 2 aliphatic heterocycles. The Morgan fingerprint density at radius 1 is 0.975 bits per heavy atom. The number of hydrogen-bond donors (Lipinski definition) is 1. The Hall–Kier alpha value is -4.01. The Bertz CT molecular complexity index is 1700. The lowest BCUT2D eigenvalue weighted by atomic mass is 10.0. The van der Waals surface area contributed by atoms with Crippen LogP contribution in [-0.2, 0) is 14.9 Å². The van der Waals surface area contributed by atoms with Gasteiger partial charge < -0.3 is 9.64 Å². The zero-order valence-electron chi connectivity index (χ0n) is 21.3. The van der Waals surface area contributed by atoms with Crippen molar-refractivity contribution in [1.82, 2.24) is 23.8 Å². The quantitative estimate of drug-likeness (QED) is 0.337. The van der Waals surface area contributed by atoms with Gasteiger partial charge in [-0.05, 0) is 37.1 Å². The van der Waals surface area contributed by atoms with Crippen LogP contribution in [0.2, 0.25) is 0 Å². The van der Waals surface area contributed by atoms with Crippen molar-refractivity contribution >= 4 is 38.5 Å². The van der Waals surface area contributed by atoms with Crippen LogP contribution in [0, 0.1) is 11.6 Å². The number of carbonyl (C=O) groups is 1. The lowest BCUT2D eigenvalue weighted by Crippen LogP contribution is -2.36. The Morgan fingerprint density at radius 2 is 1.73 bits per heavy atom. The summed E-state index contributed by atoms with van der Waals surface area (Å²) in [7, 11) is -4.07. The van der Waals surface area contributed by atoms with Gasteiger partial charge in [0.05, 0.1) is 30.0 Å². The summed E-state index contributed by atoms with van der Waals surface area (Å²) in [4.78, 5) is 28.8. The van der Waals surface area contributed by atoms with E-state index in [1.165, 1.54) is 23.0 Å². The second kappa shape index (κ2) is 10.5. The fraction of sp³-hybridized carbons (Fsp3) is 0.308. The Balaban J connectivity index is 1.39. The van der Waals surface area contributed by atoms with Crippen LogP contribution in [0.5, 0.6) is 0 Å². The number of carbonyl (C=O) groups excluding carboxylic acids is 1. The highest BCUT2D eigenvalue weighted by molar-refractivity contribution is 7.90. The van der Waals surface area contributed by atoms with E-state index >= 15 is 4.39 Å². The van der Waals surface area contributed by atoms with E-state index in [2.05, 4.69) is 19.7 Å². The highest BCUT2D eigenvalue weighted by Gasteiger charge is 2.30. The number of ketones is 1. The lowest BCUT2D eigenvalue weighted by molar-refractivity contribution is 0.103. The van der Waals surface area contributed by atoms with Gasteiger partial charge in [-0.1, -0.05) is 0 Å². The van der Waals surface area contributed by atoms with Gasteiger partial charge in [0.25, 0.3) is 0 Å². The third kappa shape index (κ3) is 4.78. The minimum absolute atomic E-state index is 0.0213. The molecular formula is C26H25F2N7O4S. The highest BCUT2D eigenvalue weighted by atomic mass is 32.2. The van der Waals surface area contributed by atoms with Gasteiger partial charge in [0.1, 0.15) is 29.4 Å². The summed E-state index contributed by atoms with van der Waals surface area (Å²) in [6.07, 6.45) is 5.73. The summed E-state index contributed by atoms with van der Waals surface area (Å²) >= 11 is 0. The van der Waals surface area contributed by atoms with E-state index in [-0.39, 0.29) is 5.56 Å². The van der Waals surface area contributed by atoms with E-state index in [4.69, 9.17) is 4.74 Å². The topological polar surface area (TPSA) is 123 Å². The number of ether oxygens (including phenoxy) is 1. The molecule has 0 saturated carbocycles. The number of pyridine rings is 1. The molecule has 0 atom stereocenters. The van der Waals surface area contributed by atoms with E-state index in [0.717, 1.165) is 12.1 Å². The van der Waals surface area contributed by atoms with E-state index in [9.17, 15) is 17.6 Å². The largest absolute Gasteiger partial charge is 0.378 e. The number of benzene rings is 1. The Labute approximate surface area is 228 Å². The fourth-order valence-corrected chi connectivity index (χ4v) is 6.26. The number of nitrogens with one attached hydrogen (secondary N) is 1. The van der Waals surface area contributed by atoms with E-state index in [1.54, 1.807) is 22.8 Å². The first-order valence-corrected chi connectivity index (χ1v) is 14.2. The standard InChI is InChI=1S/C26H25F2N7O4S/c27-19-5-6-20(32-40(37,38)34-8-1-2-9-34)24(28)23(19)25(36)18-15-35(26-17(18)4-3-7-29-26)22-14-21(30-16-31-22)33-10-12-39-13-11-33/h3-7,14-16,32H,1-2,8-13H2. The second-order valence-corrected chi connectivity index (χ2v) is 11.1. The smallest absolute Gasteiger partial charge is 0.301 e. The maximum Gasteiger partial charge on any atom is 0.301 e. The van der Waals surface area contributed by atoms with Crippen LogP contribution in [-0.4, -0.2) is 77.4 Å². The molecule has 40 heavy (non-hydrogen) atoms. The van der Waals surface area contributed by atoms with Crippen LogP contribution >= 0.6 is 0 Å². The molecule has 0 radical (unpaired) electrons. The van der Waals surface area contributed by atoms with Gasteiger partial charge in [0, 0.05) is 50.0 Å². The summed E-state index contributed by atoms with van der Waals surface area (Å²) in [5, 5.41) is 0.348. The van der Waals surface area contributed by atoms with Crippen LogP contribution in [0.1, 0.15) is 28.8 Å². The minimum Gasteiger partial charge on any atom is -0.378 e. The van der Waals surface area contributed by atoms with Crippen molar-refractivity contribution in [3.05, 3.63) is 71.8 Å². The summed E-state index contributed by atoms with van der Waals surface area (Å²) < 4.78 is 66.3. The number of hydrogen-bond acceptors (Lipinski definition) is 8. The number of fused-ring (bicyclic) bond motifs is 1. The van der Waals surface area contributed by atoms with Crippen molar-refractivity contribution in [3.63, 3.8) is 0 Å². The zero-order chi connectivity index (χ0) is 27.9. The van der Waals surface area contributed by atoms with Crippen molar-refractivity contribution in [3.8, 4) is 5.82 Å². The maximum atomic E-state index is 15.6. The summed E-state index contributed by atoms with van der Waals surface area (Å²) in [6.45, 7) is 3.04. The molecule has 4 aromatic rings. The lowest BCUT2D eigenvalue weighted by Gasteiger charge is -2.27. The molecule has 0 amide bonds. The van der Waals surface area contributed by atoms with Gasteiger partial charge in [-0.15, -0.1) is 0 Å². The third-order valence-electron chi connectivity index (χ3n) is 6.99. The molecule has 5 heterocycles. The van der Waals surface area contributed by atoms with Gasteiger partial charge in [0.2, 0.25) is 5.78 Å². The normalized spacial score (nSPS) is 16.5. The molecule has 0 spiro atoms. The molecule has 1 N–H and O–H groups in total. The molecule has 2 fully saturated rings. The van der Waals surface area contributed by atoms with Crippen LogP contribution in [0.15, 0.2) is 49.1 Å². The molecule has 6 rings (SSSR count). The minimum atomic E-state index is -4.07.